The highest BCUT2D eigenvalue weighted by Gasteiger charge is 2.33. The first-order valence-corrected chi connectivity index (χ1v) is 8.48. The molecule has 6 nitrogen and oxygen atoms in total. The SMILES string of the molecule is C=C(NCC)c1nc(-c2ccc(OC)c3nc(C(F)(F)F)ccc23)oc1CN. The van der Waals surface area contributed by atoms with Crippen molar-refractivity contribution in [3.05, 3.63) is 48.0 Å². The molecule has 2 heterocycles. The van der Waals surface area contributed by atoms with Crippen LogP contribution in [0.5, 0.6) is 5.75 Å². The number of methoxy groups -OCH3 is 1. The largest absolute Gasteiger partial charge is 0.494 e. The van der Waals surface area contributed by atoms with Crippen LogP contribution in [-0.2, 0) is 12.7 Å². The lowest BCUT2D eigenvalue weighted by molar-refractivity contribution is -0.140. The number of ether oxygens (including phenoxy) is 1. The van der Waals surface area contributed by atoms with Gasteiger partial charge in [-0.25, -0.2) is 9.97 Å². The van der Waals surface area contributed by atoms with Crippen molar-refractivity contribution in [2.24, 2.45) is 5.73 Å². The molecule has 0 aliphatic rings. The molecule has 3 aromatic rings. The first-order chi connectivity index (χ1) is 13.3. The van der Waals surface area contributed by atoms with Crippen molar-refractivity contribution < 1.29 is 22.3 Å². The molecular formula is C19H19F3N4O2. The van der Waals surface area contributed by atoms with E-state index < -0.39 is 11.9 Å². The molecule has 0 aliphatic heterocycles. The van der Waals surface area contributed by atoms with Crippen molar-refractivity contribution in [1.29, 1.82) is 0 Å². The summed E-state index contributed by atoms with van der Waals surface area (Å²) >= 11 is 0. The van der Waals surface area contributed by atoms with Gasteiger partial charge in [-0.05, 0) is 31.2 Å². The maximum atomic E-state index is 13.1. The topological polar surface area (TPSA) is 86.2 Å². The van der Waals surface area contributed by atoms with Crippen LogP contribution in [0.2, 0.25) is 0 Å². The van der Waals surface area contributed by atoms with Crippen molar-refractivity contribution in [1.82, 2.24) is 15.3 Å². The average Bonchev–Trinajstić information content (AvgIpc) is 3.10. The number of hydrogen-bond donors (Lipinski definition) is 2. The van der Waals surface area contributed by atoms with Crippen LogP contribution in [0.25, 0.3) is 28.1 Å². The first kappa shape index (κ1) is 19.7. The minimum absolute atomic E-state index is 0.0642. The summed E-state index contributed by atoms with van der Waals surface area (Å²) in [5.74, 6) is 0.848. The van der Waals surface area contributed by atoms with Gasteiger partial charge in [-0.1, -0.05) is 6.58 Å². The average molecular weight is 392 g/mol. The van der Waals surface area contributed by atoms with Crippen LogP contribution in [-0.4, -0.2) is 23.6 Å². The van der Waals surface area contributed by atoms with E-state index in [9.17, 15) is 13.2 Å². The van der Waals surface area contributed by atoms with Crippen LogP contribution in [0.4, 0.5) is 13.2 Å². The molecule has 0 bridgehead atoms. The molecule has 0 atom stereocenters. The Kier molecular flexibility index (Phi) is 5.28. The number of aromatic nitrogens is 2. The number of pyridine rings is 1. The maximum absolute atomic E-state index is 13.1. The second-order valence-corrected chi connectivity index (χ2v) is 5.91. The molecule has 1 aromatic carbocycles. The van der Waals surface area contributed by atoms with Gasteiger partial charge >= 0.3 is 6.18 Å². The third-order valence-corrected chi connectivity index (χ3v) is 4.12. The van der Waals surface area contributed by atoms with E-state index in [1.54, 1.807) is 6.07 Å². The number of oxazole rings is 1. The summed E-state index contributed by atoms with van der Waals surface area (Å²) in [6.07, 6.45) is -4.57. The number of nitrogens with two attached hydrogens (primary N) is 1. The quantitative estimate of drug-likeness (QED) is 0.661. The van der Waals surface area contributed by atoms with E-state index in [2.05, 4.69) is 21.9 Å². The summed E-state index contributed by atoms with van der Waals surface area (Å²) in [7, 11) is 1.37. The number of alkyl halides is 3. The van der Waals surface area contributed by atoms with Crippen LogP contribution < -0.4 is 15.8 Å². The fourth-order valence-corrected chi connectivity index (χ4v) is 2.84. The van der Waals surface area contributed by atoms with Crippen LogP contribution >= 0.6 is 0 Å². The molecule has 0 saturated heterocycles. The van der Waals surface area contributed by atoms with E-state index in [1.807, 2.05) is 6.92 Å². The molecule has 0 amide bonds. The first-order valence-electron chi connectivity index (χ1n) is 8.48. The summed E-state index contributed by atoms with van der Waals surface area (Å²) < 4.78 is 50.2. The summed E-state index contributed by atoms with van der Waals surface area (Å²) in [5.41, 5.74) is 6.30. The molecule has 148 valence electrons. The zero-order valence-electron chi connectivity index (χ0n) is 15.4. The Hall–Kier alpha value is -3.07. The Labute approximate surface area is 159 Å². The van der Waals surface area contributed by atoms with Gasteiger partial charge in [0.2, 0.25) is 5.89 Å². The summed E-state index contributed by atoms with van der Waals surface area (Å²) in [6, 6.07) is 5.42. The maximum Gasteiger partial charge on any atom is 0.433 e. The highest BCUT2D eigenvalue weighted by atomic mass is 19.4. The lowest BCUT2D eigenvalue weighted by Gasteiger charge is -2.11. The molecule has 0 aliphatic carbocycles. The van der Waals surface area contributed by atoms with Gasteiger partial charge in [0.05, 0.1) is 19.4 Å². The molecule has 0 saturated carbocycles. The lowest BCUT2D eigenvalue weighted by atomic mass is 10.1. The summed E-state index contributed by atoms with van der Waals surface area (Å²) in [4.78, 5) is 8.19. The van der Waals surface area contributed by atoms with Crippen molar-refractivity contribution in [2.45, 2.75) is 19.6 Å². The predicted molar refractivity (Wildman–Crippen MR) is 99.4 cm³/mol. The van der Waals surface area contributed by atoms with Gasteiger partial charge in [0.25, 0.3) is 0 Å². The van der Waals surface area contributed by atoms with Gasteiger partial charge in [-0.2, -0.15) is 13.2 Å². The van der Waals surface area contributed by atoms with Crippen LogP contribution in [0, 0.1) is 0 Å². The Morgan fingerprint density at radius 1 is 1.25 bits per heavy atom. The molecule has 0 unspecified atom stereocenters. The molecule has 3 N–H and O–H groups in total. The Bertz CT molecular complexity index is 1030. The second-order valence-electron chi connectivity index (χ2n) is 5.91. The fraction of sp³-hybridized carbons (Fsp3) is 0.263. The Morgan fingerprint density at radius 3 is 2.61 bits per heavy atom. The number of nitrogens with zero attached hydrogens (tertiary/aromatic N) is 2. The number of benzene rings is 1. The molecule has 0 spiro atoms. The minimum Gasteiger partial charge on any atom is -0.494 e. The van der Waals surface area contributed by atoms with Gasteiger partial charge in [-0.3, -0.25) is 0 Å². The van der Waals surface area contributed by atoms with Crippen molar-refractivity contribution >= 4 is 16.6 Å². The zero-order chi connectivity index (χ0) is 20.5. The fourth-order valence-electron chi connectivity index (χ4n) is 2.84. The highest BCUT2D eigenvalue weighted by molar-refractivity contribution is 5.96. The highest BCUT2D eigenvalue weighted by Crippen LogP contribution is 2.37. The number of nitrogens with one attached hydrogen (secondary N) is 1. The van der Waals surface area contributed by atoms with E-state index in [4.69, 9.17) is 14.9 Å². The van der Waals surface area contributed by atoms with Crippen LogP contribution in [0.1, 0.15) is 24.1 Å². The predicted octanol–water partition coefficient (Wildman–Crippen LogP) is 3.96. The van der Waals surface area contributed by atoms with Crippen molar-refractivity contribution in [3.63, 3.8) is 0 Å². The van der Waals surface area contributed by atoms with E-state index in [-0.39, 0.29) is 23.7 Å². The van der Waals surface area contributed by atoms with E-state index in [0.717, 1.165) is 6.07 Å². The second kappa shape index (κ2) is 7.51. The van der Waals surface area contributed by atoms with Crippen LogP contribution in [0.3, 0.4) is 0 Å². The standard InChI is InChI=1S/C19H19F3N4O2/c1-4-24-10(2)16-14(9-23)28-18(26-16)12-5-7-13(27-3)17-11(12)6-8-15(25-17)19(20,21)22/h5-8,24H,2,4,9,23H2,1,3H3. The zero-order valence-corrected chi connectivity index (χ0v) is 15.4. The third kappa shape index (κ3) is 3.53. The van der Waals surface area contributed by atoms with Gasteiger partial charge in [0.1, 0.15) is 28.4 Å². The normalized spacial score (nSPS) is 11.6. The lowest BCUT2D eigenvalue weighted by Crippen LogP contribution is -2.12. The number of hydrogen-bond acceptors (Lipinski definition) is 6. The minimum atomic E-state index is -4.57. The number of fused-ring (bicyclic) bond motifs is 1. The summed E-state index contributed by atoms with van der Waals surface area (Å²) in [5, 5.41) is 3.47. The number of rotatable bonds is 6. The van der Waals surface area contributed by atoms with Gasteiger partial charge in [0.15, 0.2) is 0 Å². The molecular weight excluding hydrogens is 373 g/mol. The molecule has 9 heteroatoms. The van der Waals surface area contributed by atoms with Gasteiger partial charge in [0, 0.05) is 17.5 Å². The third-order valence-electron chi connectivity index (χ3n) is 4.12. The van der Waals surface area contributed by atoms with E-state index >= 15 is 0 Å². The molecule has 28 heavy (non-hydrogen) atoms. The Morgan fingerprint density at radius 2 is 2.00 bits per heavy atom. The van der Waals surface area contributed by atoms with Gasteiger partial charge in [-0.15, -0.1) is 0 Å². The Balaban J connectivity index is 2.20. The molecule has 0 fully saturated rings. The van der Waals surface area contributed by atoms with Crippen molar-refractivity contribution in [3.8, 4) is 17.2 Å². The number of halogens is 3. The summed E-state index contributed by atoms with van der Waals surface area (Å²) in [6.45, 7) is 6.56. The van der Waals surface area contributed by atoms with Crippen LogP contribution in [0.15, 0.2) is 35.3 Å². The van der Waals surface area contributed by atoms with E-state index in [0.29, 0.717) is 34.6 Å². The molecule has 3 rings (SSSR count). The smallest absolute Gasteiger partial charge is 0.433 e. The molecule has 0 radical (unpaired) electrons. The molecule has 2 aromatic heterocycles. The van der Waals surface area contributed by atoms with Crippen molar-refractivity contribution in [2.75, 3.05) is 13.7 Å². The van der Waals surface area contributed by atoms with Gasteiger partial charge < -0.3 is 20.2 Å². The monoisotopic (exact) mass is 392 g/mol. The van der Waals surface area contributed by atoms with E-state index in [1.165, 1.54) is 19.2 Å².